The molecule has 0 fully saturated rings. The Morgan fingerprint density at radius 1 is 0.529 bits per heavy atom. The van der Waals surface area contributed by atoms with Crippen molar-refractivity contribution in [3.05, 3.63) is 103 Å². The zero-order valence-corrected chi connectivity index (χ0v) is 18.9. The molecule has 0 radical (unpaired) electrons. The van der Waals surface area contributed by atoms with Crippen LogP contribution in [0.15, 0.2) is 103 Å². The van der Waals surface area contributed by atoms with Crippen molar-refractivity contribution in [1.29, 1.82) is 0 Å². The Kier molecular flexibility index (Phi) is 3.54. The van der Waals surface area contributed by atoms with Gasteiger partial charge in [-0.2, -0.15) is 0 Å². The first-order valence-corrected chi connectivity index (χ1v) is 12.2. The highest BCUT2D eigenvalue weighted by Crippen LogP contribution is 2.48. The summed E-state index contributed by atoms with van der Waals surface area (Å²) in [6, 6.07) is 32.5. The molecule has 8 aromatic rings. The Balaban J connectivity index is 1.75. The van der Waals surface area contributed by atoms with Gasteiger partial charge in [-0.15, -0.1) is 11.3 Å². The highest BCUT2D eigenvalue weighted by molar-refractivity contribution is 7.27. The molecular formula is C30H17N3S. The normalized spacial score (nSPS) is 12.1. The maximum absolute atomic E-state index is 4.65. The number of thiophene rings is 1. The molecule has 0 atom stereocenters. The van der Waals surface area contributed by atoms with Crippen molar-refractivity contribution >= 4 is 74.9 Å². The van der Waals surface area contributed by atoms with Crippen molar-refractivity contribution in [2.75, 3.05) is 0 Å². The predicted octanol–water partition coefficient (Wildman–Crippen LogP) is 8.25. The molecule has 158 valence electrons. The van der Waals surface area contributed by atoms with Crippen LogP contribution in [-0.2, 0) is 0 Å². The summed E-state index contributed by atoms with van der Waals surface area (Å²) in [7, 11) is 0. The van der Waals surface area contributed by atoms with E-state index in [0.717, 1.165) is 5.52 Å². The third-order valence-electron chi connectivity index (χ3n) is 6.88. The molecule has 0 spiro atoms. The smallest absolute Gasteiger partial charge is 0.234 e. The molecule has 0 bridgehead atoms. The summed E-state index contributed by atoms with van der Waals surface area (Å²) >= 11 is 1.91. The molecule has 0 amide bonds. The van der Waals surface area contributed by atoms with Crippen molar-refractivity contribution in [1.82, 2.24) is 14.5 Å². The van der Waals surface area contributed by atoms with Crippen LogP contribution in [0.1, 0.15) is 0 Å². The minimum absolute atomic E-state index is 0.697. The minimum atomic E-state index is 0.697. The van der Waals surface area contributed by atoms with E-state index in [2.05, 4.69) is 99.5 Å². The number of hydrogen-bond acceptors (Lipinski definition) is 3. The first-order chi connectivity index (χ1) is 16.9. The quantitative estimate of drug-likeness (QED) is 0.251. The van der Waals surface area contributed by atoms with Crippen LogP contribution in [0.3, 0.4) is 0 Å². The van der Waals surface area contributed by atoms with Gasteiger partial charge in [-0.3, -0.25) is 4.57 Å². The molecule has 0 aliphatic rings. The average molecular weight is 452 g/mol. The fourth-order valence-electron chi connectivity index (χ4n) is 5.51. The molecule has 0 aliphatic carbocycles. The molecule has 0 N–H and O–H groups in total. The molecule has 4 heteroatoms. The van der Waals surface area contributed by atoms with E-state index in [0.29, 0.717) is 5.95 Å². The van der Waals surface area contributed by atoms with Gasteiger partial charge in [0, 0.05) is 54.1 Å². The van der Waals surface area contributed by atoms with E-state index in [-0.39, 0.29) is 0 Å². The summed E-state index contributed by atoms with van der Waals surface area (Å²) < 4.78 is 4.92. The molecule has 8 rings (SSSR count). The first kappa shape index (κ1) is 18.2. The molecule has 0 unspecified atom stereocenters. The second kappa shape index (κ2) is 6.62. The van der Waals surface area contributed by atoms with Gasteiger partial charge in [-0.1, -0.05) is 78.9 Å². The fourth-order valence-corrected chi connectivity index (χ4v) is 6.90. The molecule has 34 heavy (non-hydrogen) atoms. The summed E-state index contributed by atoms with van der Waals surface area (Å²) in [6.07, 6.45) is 3.63. The van der Waals surface area contributed by atoms with Gasteiger partial charge in [0.1, 0.15) is 0 Å². The lowest BCUT2D eigenvalue weighted by atomic mass is 9.98. The topological polar surface area (TPSA) is 30.7 Å². The predicted molar refractivity (Wildman–Crippen MR) is 144 cm³/mol. The number of hydrogen-bond donors (Lipinski definition) is 0. The fraction of sp³-hybridized carbons (Fsp3) is 0. The Hall–Kier alpha value is -4.28. The van der Waals surface area contributed by atoms with Crippen LogP contribution >= 0.6 is 11.3 Å². The van der Waals surface area contributed by atoms with Gasteiger partial charge in [0.2, 0.25) is 5.95 Å². The number of rotatable bonds is 1. The van der Waals surface area contributed by atoms with E-state index in [1.165, 1.54) is 58.0 Å². The van der Waals surface area contributed by atoms with Crippen molar-refractivity contribution < 1.29 is 0 Å². The summed E-state index contributed by atoms with van der Waals surface area (Å²) in [4.78, 5) is 9.31. The minimum Gasteiger partial charge on any atom is -0.277 e. The third kappa shape index (κ3) is 2.25. The summed E-state index contributed by atoms with van der Waals surface area (Å²) in [5.74, 6) is 0.697. The molecule has 0 saturated carbocycles. The maximum atomic E-state index is 4.65. The Bertz CT molecular complexity index is 2070. The van der Waals surface area contributed by atoms with Gasteiger partial charge in [0.15, 0.2) is 0 Å². The summed E-state index contributed by atoms with van der Waals surface area (Å²) in [5.41, 5.74) is 2.30. The van der Waals surface area contributed by atoms with E-state index < -0.39 is 0 Å². The van der Waals surface area contributed by atoms with E-state index >= 15 is 0 Å². The van der Waals surface area contributed by atoms with Crippen LogP contribution in [0, 0.1) is 0 Å². The Morgan fingerprint density at radius 3 is 2.09 bits per heavy atom. The van der Waals surface area contributed by atoms with Crippen molar-refractivity contribution in [3.63, 3.8) is 0 Å². The molecule has 5 aromatic carbocycles. The highest BCUT2D eigenvalue weighted by Gasteiger charge is 2.22. The van der Waals surface area contributed by atoms with Gasteiger partial charge in [-0.05, 0) is 22.9 Å². The lowest BCUT2D eigenvalue weighted by Gasteiger charge is -2.09. The number of para-hydroxylation sites is 1. The zero-order chi connectivity index (χ0) is 22.2. The van der Waals surface area contributed by atoms with Crippen LogP contribution in [0.25, 0.3) is 69.5 Å². The largest absolute Gasteiger partial charge is 0.277 e. The van der Waals surface area contributed by atoms with Crippen LogP contribution in [0.4, 0.5) is 0 Å². The Morgan fingerprint density at radius 2 is 1.24 bits per heavy atom. The standard InChI is InChI=1S/C30H17N3S/c1-2-9-19-18(8-1)14-15-23-26-25-22-12-5-6-13-24(22)33(30-31-16-7-17-32-30)27(25)20-10-3-4-11-21(20)29(26)34-28(19)23/h1-17H. The van der Waals surface area contributed by atoms with E-state index in [1.54, 1.807) is 0 Å². The summed E-state index contributed by atoms with van der Waals surface area (Å²) in [5, 5.41) is 10.2. The van der Waals surface area contributed by atoms with Crippen LogP contribution in [0.2, 0.25) is 0 Å². The van der Waals surface area contributed by atoms with Crippen molar-refractivity contribution in [2.45, 2.75) is 0 Å². The number of nitrogens with zero attached hydrogens (tertiary/aromatic N) is 3. The van der Waals surface area contributed by atoms with Crippen LogP contribution in [-0.4, -0.2) is 14.5 Å². The van der Waals surface area contributed by atoms with Crippen molar-refractivity contribution in [3.8, 4) is 5.95 Å². The van der Waals surface area contributed by atoms with Crippen molar-refractivity contribution in [2.24, 2.45) is 0 Å². The van der Waals surface area contributed by atoms with E-state index in [4.69, 9.17) is 0 Å². The molecule has 0 aliphatic heterocycles. The molecule has 0 saturated heterocycles. The summed E-state index contributed by atoms with van der Waals surface area (Å²) in [6.45, 7) is 0. The number of fused-ring (bicyclic) bond motifs is 12. The molecular weight excluding hydrogens is 434 g/mol. The first-order valence-electron chi connectivity index (χ1n) is 11.4. The maximum Gasteiger partial charge on any atom is 0.234 e. The lowest BCUT2D eigenvalue weighted by molar-refractivity contribution is 0.991. The van der Waals surface area contributed by atoms with Gasteiger partial charge in [-0.25, -0.2) is 9.97 Å². The van der Waals surface area contributed by atoms with E-state index in [9.17, 15) is 0 Å². The highest BCUT2D eigenvalue weighted by atomic mass is 32.1. The van der Waals surface area contributed by atoms with E-state index in [1.807, 2.05) is 29.8 Å². The van der Waals surface area contributed by atoms with Crippen LogP contribution in [0.5, 0.6) is 0 Å². The van der Waals surface area contributed by atoms with Gasteiger partial charge >= 0.3 is 0 Å². The number of benzene rings is 5. The van der Waals surface area contributed by atoms with Gasteiger partial charge in [0.05, 0.1) is 11.0 Å². The monoisotopic (exact) mass is 451 g/mol. The zero-order valence-electron chi connectivity index (χ0n) is 18.1. The molecule has 3 aromatic heterocycles. The second-order valence-electron chi connectivity index (χ2n) is 8.64. The molecule has 3 heterocycles. The second-order valence-corrected chi connectivity index (χ2v) is 9.66. The van der Waals surface area contributed by atoms with Gasteiger partial charge in [0.25, 0.3) is 0 Å². The SMILES string of the molecule is c1cnc(-n2c3ccccc3c3c4c5ccc6ccccc6c5sc4c4ccccc4c32)nc1. The average Bonchev–Trinajstić information content (AvgIpc) is 3.46. The number of aromatic nitrogens is 3. The third-order valence-corrected chi connectivity index (χ3v) is 8.16. The molecule has 3 nitrogen and oxygen atoms in total. The Labute approximate surface area is 198 Å². The lowest BCUT2D eigenvalue weighted by Crippen LogP contribution is -2.00. The van der Waals surface area contributed by atoms with Gasteiger partial charge < -0.3 is 0 Å². The van der Waals surface area contributed by atoms with Crippen LogP contribution < -0.4 is 0 Å².